The molecule has 1 fully saturated rings. The zero-order valence-electron chi connectivity index (χ0n) is 10.4. The van der Waals surface area contributed by atoms with Gasteiger partial charge in [-0.25, -0.2) is 0 Å². The Bertz CT molecular complexity index is 401. The smallest absolute Gasteiger partial charge is 0.272 e. The van der Waals surface area contributed by atoms with Crippen molar-refractivity contribution in [1.29, 1.82) is 0 Å². The number of amides is 1. The zero-order chi connectivity index (χ0) is 12.3. The van der Waals surface area contributed by atoms with E-state index in [2.05, 4.69) is 10.3 Å². The molecule has 17 heavy (non-hydrogen) atoms. The van der Waals surface area contributed by atoms with Crippen LogP contribution < -0.4 is 5.32 Å². The van der Waals surface area contributed by atoms with Gasteiger partial charge in [0.15, 0.2) is 0 Å². The number of nitrogens with one attached hydrogen (secondary N) is 1. The first kappa shape index (κ1) is 11.9. The second kappa shape index (κ2) is 5.17. The van der Waals surface area contributed by atoms with E-state index in [1.165, 1.54) is 0 Å². The number of rotatable bonds is 5. The molecular formula is C13H19N3O. The van der Waals surface area contributed by atoms with E-state index in [-0.39, 0.29) is 5.91 Å². The number of pyridine rings is 1. The summed E-state index contributed by atoms with van der Waals surface area (Å²) >= 11 is 0. The summed E-state index contributed by atoms with van der Waals surface area (Å²) in [5.41, 5.74) is 1.50. The molecule has 0 spiro atoms. The van der Waals surface area contributed by atoms with Crippen molar-refractivity contribution in [3.8, 4) is 0 Å². The summed E-state index contributed by atoms with van der Waals surface area (Å²) < 4.78 is 0. The highest BCUT2D eigenvalue weighted by Gasteiger charge is 2.32. The van der Waals surface area contributed by atoms with E-state index in [4.69, 9.17) is 0 Å². The van der Waals surface area contributed by atoms with E-state index in [0.29, 0.717) is 11.7 Å². The Morgan fingerprint density at radius 3 is 2.88 bits per heavy atom. The van der Waals surface area contributed by atoms with Gasteiger partial charge in [-0.3, -0.25) is 9.78 Å². The van der Waals surface area contributed by atoms with Gasteiger partial charge in [0.1, 0.15) is 5.69 Å². The SMILES string of the molecule is CCNc1ccnc(C(=O)N(CC)C2CC2)c1. The summed E-state index contributed by atoms with van der Waals surface area (Å²) in [6.45, 7) is 5.66. The fourth-order valence-corrected chi connectivity index (χ4v) is 1.96. The molecule has 1 aliphatic carbocycles. The summed E-state index contributed by atoms with van der Waals surface area (Å²) in [6, 6.07) is 4.15. The maximum atomic E-state index is 12.2. The summed E-state index contributed by atoms with van der Waals surface area (Å²) in [5, 5.41) is 3.19. The van der Waals surface area contributed by atoms with Crippen LogP contribution in [0.5, 0.6) is 0 Å². The van der Waals surface area contributed by atoms with Crippen LogP contribution in [-0.4, -0.2) is 34.9 Å². The predicted octanol–water partition coefficient (Wildman–Crippen LogP) is 2.14. The van der Waals surface area contributed by atoms with E-state index in [1.807, 2.05) is 30.9 Å². The monoisotopic (exact) mass is 233 g/mol. The van der Waals surface area contributed by atoms with Crippen molar-refractivity contribution in [2.45, 2.75) is 32.7 Å². The van der Waals surface area contributed by atoms with E-state index >= 15 is 0 Å². The second-order valence-corrected chi connectivity index (χ2v) is 4.28. The number of hydrogen-bond acceptors (Lipinski definition) is 3. The third-order valence-electron chi connectivity index (χ3n) is 2.95. The first-order valence-corrected chi connectivity index (χ1v) is 6.27. The van der Waals surface area contributed by atoms with Gasteiger partial charge in [0, 0.05) is 31.0 Å². The average molecular weight is 233 g/mol. The van der Waals surface area contributed by atoms with Crippen LogP contribution in [-0.2, 0) is 0 Å². The van der Waals surface area contributed by atoms with E-state index in [0.717, 1.165) is 31.6 Å². The molecule has 4 heteroatoms. The molecule has 0 bridgehead atoms. The van der Waals surface area contributed by atoms with E-state index in [1.54, 1.807) is 6.20 Å². The van der Waals surface area contributed by atoms with Crippen molar-refractivity contribution in [1.82, 2.24) is 9.88 Å². The third-order valence-corrected chi connectivity index (χ3v) is 2.95. The predicted molar refractivity (Wildman–Crippen MR) is 68.1 cm³/mol. The molecule has 1 aliphatic rings. The third kappa shape index (κ3) is 2.75. The molecule has 92 valence electrons. The maximum Gasteiger partial charge on any atom is 0.272 e. The fourth-order valence-electron chi connectivity index (χ4n) is 1.96. The molecule has 0 aliphatic heterocycles. The lowest BCUT2D eigenvalue weighted by molar-refractivity contribution is 0.0746. The summed E-state index contributed by atoms with van der Waals surface area (Å²) in [4.78, 5) is 18.3. The summed E-state index contributed by atoms with van der Waals surface area (Å²) in [7, 11) is 0. The molecule has 0 unspecified atom stereocenters. The second-order valence-electron chi connectivity index (χ2n) is 4.28. The highest BCUT2D eigenvalue weighted by atomic mass is 16.2. The van der Waals surface area contributed by atoms with E-state index < -0.39 is 0 Å². The highest BCUT2D eigenvalue weighted by Crippen LogP contribution is 2.27. The number of aromatic nitrogens is 1. The van der Waals surface area contributed by atoms with Gasteiger partial charge < -0.3 is 10.2 Å². The first-order chi connectivity index (χ1) is 8.26. The Hall–Kier alpha value is -1.58. The lowest BCUT2D eigenvalue weighted by Crippen LogP contribution is -2.33. The number of nitrogens with zero attached hydrogens (tertiary/aromatic N) is 2. The Labute approximate surface area is 102 Å². The van der Waals surface area contributed by atoms with Crippen molar-refractivity contribution in [3.05, 3.63) is 24.0 Å². The summed E-state index contributed by atoms with van der Waals surface area (Å²) in [5.74, 6) is 0.0507. The fraction of sp³-hybridized carbons (Fsp3) is 0.538. The Balaban J connectivity index is 2.14. The first-order valence-electron chi connectivity index (χ1n) is 6.27. The quantitative estimate of drug-likeness (QED) is 0.847. The van der Waals surface area contributed by atoms with Gasteiger partial charge >= 0.3 is 0 Å². The molecule has 1 saturated carbocycles. The topological polar surface area (TPSA) is 45.2 Å². The number of hydrogen-bond donors (Lipinski definition) is 1. The largest absolute Gasteiger partial charge is 0.385 e. The minimum Gasteiger partial charge on any atom is -0.385 e. The van der Waals surface area contributed by atoms with Crippen LogP contribution >= 0.6 is 0 Å². The standard InChI is InChI=1S/C13H19N3O/c1-3-14-10-7-8-15-12(9-10)13(17)16(4-2)11-5-6-11/h7-9,11H,3-6H2,1-2H3,(H,14,15). The zero-order valence-corrected chi connectivity index (χ0v) is 10.4. The van der Waals surface area contributed by atoms with Crippen LogP contribution in [0.2, 0.25) is 0 Å². The van der Waals surface area contributed by atoms with Gasteiger partial charge in [-0.15, -0.1) is 0 Å². The molecule has 0 saturated heterocycles. The van der Waals surface area contributed by atoms with Crippen LogP contribution in [0.4, 0.5) is 5.69 Å². The molecule has 1 N–H and O–H groups in total. The average Bonchev–Trinajstić information content (AvgIpc) is 3.15. The van der Waals surface area contributed by atoms with Crippen LogP contribution in [0.15, 0.2) is 18.3 Å². The van der Waals surface area contributed by atoms with Crippen LogP contribution in [0, 0.1) is 0 Å². The van der Waals surface area contributed by atoms with Gasteiger partial charge in [0.25, 0.3) is 5.91 Å². The Morgan fingerprint density at radius 1 is 1.53 bits per heavy atom. The van der Waals surface area contributed by atoms with Crippen molar-refractivity contribution in [2.75, 3.05) is 18.4 Å². The molecule has 0 atom stereocenters. The summed E-state index contributed by atoms with van der Waals surface area (Å²) in [6.07, 6.45) is 3.95. The highest BCUT2D eigenvalue weighted by molar-refractivity contribution is 5.93. The molecule has 1 heterocycles. The Kier molecular flexibility index (Phi) is 3.61. The minimum atomic E-state index is 0.0507. The van der Waals surface area contributed by atoms with Gasteiger partial charge in [0.05, 0.1) is 0 Å². The van der Waals surface area contributed by atoms with Crippen molar-refractivity contribution in [3.63, 3.8) is 0 Å². The maximum absolute atomic E-state index is 12.2. The van der Waals surface area contributed by atoms with E-state index in [9.17, 15) is 4.79 Å². The lowest BCUT2D eigenvalue weighted by atomic mass is 10.2. The van der Waals surface area contributed by atoms with Gasteiger partial charge in [-0.05, 0) is 38.8 Å². The number of anilines is 1. The van der Waals surface area contributed by atoms with Crippen LogP contribution in [0.25, 0.3) is 0 Å². The van der Waals surface area contributed by atoms with Crippen molar-refractivity contribution >= 4 is 11.6 Å². The van der Waals surface area contributed by atoms with Crippen LogP contribution in [0.1, 0.15) is 37.2 Å². The molecule has 0 radical (unpaired) electrons. The van der Waals surface area contributed by atoms with Gasteiger partial charge in [0.2, 0.25) is 0 Å². The number of carbonyl (C=O) groups excluding carboxylic acids is 1. The molecule has 2 rings (SSSR count). The molecule has 1 aromatic heterocycles. The van der Waals surface area contributed by atoms with Crippen molar-refractivity contribution in [2.24, 2.45) is 0 Å². The van der Waals surface area contributed by atoms with Crippen LogP contribution in [0.3, 0.4) is 0 Å². The van der Waals surface area contributed by atoms with Gasteiger partial charge in [-0.2, -0.15) is 0 Å². The molecule has 1 amide bonds. The van der Waals surface area contributed by atoms with Gasteiger partial charge in [-0.1, -0.05) is 0 Å². The molecule has 0 aromatic carbocycles. The van der Waals surface area contributed by atoms with Crippen molar-refractivity contribution < 1.29 is 4.79 Å². The molecular weight excluding hydrogens is 214 g/mol. The minimum absolute atomic E-state index is 0.0507. The molecule has 1 aromatic rings. The lowest BCUT2D eigenvalue weighted by Gasteiger charge is -2.20. The number of carbonyl (C=O) groups is 1. The molecule has 4 nitrogen and oxygen atoms in total. The normalized spacial score (nSPS) is 14.5. The Morgan fingerprint density at radius 2 is 2.29 bits per heavy atom.